The Morgan fingerprint density at radius 1 is 1.21 bits per heavy atom. The van der Waals surface area contributed by atoms with E-state index < -0.39 is 45.5 Å². The molecule has 0 bridgehead atoms. The Balaban J connectivity index is 3.00. The second-order valence-electron chi connectivity index (χ2n) is 3.68. The van der Waals surface area contributed by atoms with Crippen LogP contribution in [0.15, 0.2) is 21.5 Å². The van der Waals surface area contributed by atoms with Gasteiger partial charge in [-0.2, -0.15) is 4.39 Å². The minimum atomic E-state index is -1.51. The first-order valence-electron chi connectivity index (χ1n) is 3.93. The first-order valence-corrected chi connectivity index (χ1v) is 6.09. The molecule has 0 amide bonds. The number of allylic oxidation sites excluding steroid dienone is 3. The Morgan fingerprint density at radius 3 is 2.21 bits per heavy atom. The van der Waals surface area contributed by atoms with E-state index in [2.05, 4.69) is 0 Å². The number of rotatable bonds is 1. The van der Waals surface area contributed by atoms with Crippen molar-refractivity contribution in [2.75, 3.05) is 0 Å². The van der Waals surface area contributed by atoms with Gasteiger partial charge in [0.2, 0.25) is 3.76 Å². The summed E-state index contributed by atoms with van der Waals surface area (Å²) in [6, 6.07) is 0. The van der Waals surface area contributed by atoms with Crippen molar-refractivity contribution in [1.29, 1.82) is 0 Å². The van der Waals surface area contributed by atoms with E-state index in [1.54, 1.807) is 20.8 Å². The average Bonchev–Trinajstić information content (AvgIpc) is 1.95. The van der Waals surface area contributed by atoms with Crippen molar-refractivity contribution in [3.05, 3.63) is 21.5 Å². The zero-order valence-corrected chi connectivity index (χ0v) is 10.2. The molecule has 0 unspecified atom stereocenters. The van der Waals surface area contributed by atoms with Gasteiger partial charge in [-0.15, -0.1) is 0 Å². The zero-order chi connectivity index (χ0) is 10.9. The fourth-order valence-corrected chi connectivity index (χ4v) is 2.29. The van der Waals surface area contributed by atoms with E-state index in [1.165, 1.54) is 0 Å². The van der Waals surface area contributed by atoms with Crippen LogP contribution >= 0.6 is 20.7 Å². The minimum absolute atomic E-state index is 0.438. The molecule has 1 aliphatic rings. The number of hydrogen-bond acceptors (Lipinski definition) is 1. The third-order valence-corrected chi connectivity index (χ3v) is 3.00. The molecule has 0 aromatic heterocycles. The Bertz CT molecular complexity index is 334. The van der Waals surface area contributed by atoms with E-state index in [-0.39, 0.29) is 0 Å². The quantitative estimate of drug-likeness (QED) is 0.667. The maximum absolute atomic E-state index is 13.1. The molecule has 1 aliphatic heterocycles. The largest absolute Gasteiger partial charge is 0.482 e. The van der Waals surface area contributed by atoms with Crippen LogP contribution in [0, 0.1) is 0 Å². The van der Waals surface area contributed by atoms with Crippen LogP contribution in [0.1, 0.15) is 20.8 Å². The van der Waals surface area contributed by atoms with Gasteiger partial charge in [-0.3, -0.25) is 0 Å². The lowest BCUT2D eigenvalue weighted by molar-refractivity contribution is 0.0587. The molecule has 0 saturated heterocycles. The van der Waals surface area contributed by atoms with Crippen LogP contribution in [0.3, 0.4) is 0 Å². The minimum Gasteiger partial charge on any atom is -0.482 e. The predicted octanol–water partition coefficient (Wildman–Crippen LogP) is 3.88. The van der Waals surface area contributed by atoms with Crippen LogP contribution < -0.4 is 0 Å². The molecule has 1 nitrogen and oxygen atoms in total. The van der Waals surface area contributed by atoms with Gasteiger partial charge in [0.05, 0.1) is 0 Å². The zero-order valence-electron chi connectivity index (χ0n) is 8.00. The molecule has 0 saturated carbocycles. The molecule has 0 atom stereocenters. The second-order valence-corrected chi connectivity index (χ2v) is 6.20. The second kappa shape index (κ2) is 4.04. The van der Waals surface area contributed by atoms with Crippen molar-refractivity contribution in [3.8, 4) is 0 Å². The SMILES string of the molecule is CC(C)(C)OC1=C(F)C=C(F)I=C1F. The van der Waals surface area contributed by atoms with Crippen LogP contribution in [0.5, 0.6) is 0 Å². The summed E-state index contributed by atoms with van der Waals surface area (Å²) in [4.78, 5) is 0. The van der Waals surface area contributed by atoms with Gasteiger partial charge in [-0.1, -0.05) is 0 Å². The van der Waals surface area contributed by atoms with Crippen LogP contribution in [0.2, 0.25) is 0 Å². The van der Waals surface area contributed by atoms with Gasteiger partial charge >= 0.3 is 0 Å². The molecule has 0 N–H and O–H groups in total. The van der Waals surface area contributed by atoms with Gasteiger partial charge in [-0.25, -0.2) is 8.78 Å². The molecular weight excluding hydrogens is 308 g/mol. The molecule has 14 heavy (non-hydrogen) atoms. The summed E-state index contributed by atoms with van der Waals surface area (Å²) in [6.07, 6.45) is 0.692. The molecule has 0 fully saturated rings. The molecular formula is C9H10F3IO. The summed E-state index contributed by atoms with van der Waals surface area (Å²) in [7, 11) is 0. The van der Waals surface area contributed by atoms with Crippen molar-refractivity contribution < 1.29 is 17.9 Å². The summed E-state index contributed by atoms with van der Waals surface area (Å²) in [5, 5.41) is 0. The molecule has 0 aliphatic carbocycles. The predicted molar refractivity (Wildman–Crippen MR) is 58.3 cm³/mol. The number of hydrogen-bond donors (Lipinski definition) is 0. The topological polar surface area (TPSA) is 9.23 Å². The first-order chi connectivity index (χ1) is 6.29. The van der Waals surface area contributed by atoms with Gasteiger partial charge in [0.15, 0.2) is 15.4 Å². The van der Waals surface area contributed by atoms with Gasteiger partial charge < -0.3 is 4.74 Å². The fourth-order valence-electron chi connectivity index (χ4n) is 0.795. The Hall–Kier alpha value is -0.330. The van der Waals surface area contributed by atoms with Crippen molar-refractivity contribution in [2.45, 2.75) is 26.4 Å². The fraction of sp³-hybridized carbons (Fsp3) is 0.444. The lowest BCUT2D eigenvalue weighted by Gasteiger charge is -2.23. The lowest BCUT2D eigenvalue weighted by atomic mass is 10.2. The van der Waals surface area contributed by atoms with E-state index in [0.29, 0.717) is 6.08 Å². The third kappa shape index (κ3) is 3.11. The van der Waals surface area contributed by atoms with Crippen LogP contribution in [-0.4, -0.2) is 9.36 Å². The third-order valence-electron chi connectivity index (χ3n) is 1.21. The molecule has 0 spiro atoms. The maximum atomic E-state index is 13.1. The van der Waals surface area contributed by atoms with E-state index >= 15 is 0 Å². The molecule has 0 aromatic carbocycles. The highest BCUT2D eigenvalue weighted by molar-refractivity contribution is 14.2. The highest BCUT2D eigenvalue weighted by Gasteiger charge is 2.24. The first kappa shape index (κ1) is 11.7. The van der Waals surface area contributed by atoms with Gasteiger partial charge in [0.25, 0.3) is 0 Å². The van der Waals surface area contributed by atoms with Crippen molar-refractivity contribution in [2.24, 2.45) is 0 Å². The average molecular weight is 318 g/mol. The Kier molecular flexibility index (Phi) is 3.39. The maximum Gasteiger partial charge on any atom is 0.202 e. The molecule has 0 radical (unpaired) electrons. The van der Waals surface area contributed by atoms with E-state index in [1.807, 2.05) is 0 Å². The monoisotopic (exact) mass is 318 g/mol. The molecule has 80 valence electrons. The van der Waals surface area contributed by atoms with Gasteiger partial charge in [-0.05, 0) is 41.5 Å². The summed E-state index contributed by atoms with van der Waals surface area (Å²) >= 11 is -1.51. The van der Waals surface area contributed by atoms with Gasteiger partial charge in [0.1, 0.15) is 5.60 Å². The molecule has 0 aromatic rings. The Labute approximate surface area is 90.4 Å². The normalized spacial score (nSPS) is 18.4. The molecule has 1 heterocycles. The van der Waals surface area contributed by atoms with E-state index in [0.717, 1.165) is 0 Å². The summed E-state index contributed by atoms with van der Waals surface area (Å²) in [5.41, 5.74) is -0.685. The molecule has 1 rings (SSSR count). The van der Waals surface area contributed by atoms with Crippen LogP contribution in [0.4, 0.5) is 13.2 Å². The van der Waals surface area contributed by atoms with Crippen LogP contribution in [0.25, 0.3) is 0 Å². The highest BCUT2D eigenvalue weighted by Crippen LogP contribution is 2.33. The number of ether oxygens (including phenoxy) is 1. The summed E-state index contributed by atoms with van der Waals surface area (Å²) in [6.45, 7) is 5.02. The van der Waals surface area contributed by atoms with Crippen molar-refractivity contribution in [1.82, 2.24) is 0 Å². The van der Waals surface area contributed by atoms with Crippen LogP contribution in [-0.2, 0) is 4.74 Å². The van der Waals surface area contributed by atoms with Crippen molar-refractivity contribution in [3.63, 3.8) is 0 Å². The molecule has 5 heteroatoms. The smallest absolute Gasteiger partial charge is 0.202 e. The van der Waals surface area contributed by atoms with Crippen molar-refractivity contribution >= 4 is 24.5 Å². The van der Waals surface area contributed by atoms with E-state index in [4.69, 9.17) is 4.74 Å². The number of halogens is 4. The van der Waals surface area contributed by atoms with E-state index in [9.17, 15) is 13.2 Å². The standard InChI is InChI=1S/C9H10F3IO/c1-9(2,3)14-7-5(10)4-6(11)13-8(7)12/h4H,1-3H3. The highest BCUT2D eigenvalue weighted by atomic mass is 127. The lowest BCUT2D eigenvalue weighted by Crippen LogP contribution is -2.21. The summed E-state index contributed by atoms with van der Waals surface area (Å²) < 4.78 is 42.4. The Morgan fingerprint density at radius 2 is 1.79 bits per heavy atom. The summed E-state index contributed by atoms with van der Waals surface area (Å²) in [5.74, 6) is -1.41. The van der Waals surface area contributed by atoms with Gasteiger partial charge in [0, 0.05) is 6.08 Å².